The second-order valence-electron chi connectivity index (χ2n) is 10.3. The van der Waals surface area contributed by atoms with Crippen LogP contribution in [0.25, 0.3) is 0 Å². The Morgan fingerprint density at radius 3 is 1.89 bits per heavy atom. The number of halogens is 1. The van der Waals surface area contributed by atoms with Crippen molar-refractivity contribution in [3.05, 3.63) is 29.6 Å². The van der Waals surface area contributed by atoms with E-state index in [0.717, 1.165) is 32.4 Å². The normalized spacial score (nSPS) is 22.4. The zero-order valence-corrected chi connectivity index (χ0v) is 20.8. The van der Waals surface area contributed by atoms with Crippen LogP contribution < -0.4 is 4.90 Å². The summed E-state index contributed by atoms with van der Waals surface area (Å²) in [5, 5.41) is 0. The summed E-state index contributed by atoms with van der Waals surface area (Å²) in [6.45, 7) is 9.36. The van der Waals surface area contributed by atoms with Crippen LogP contribution in [-0.2, 0) is 43.5 Å². The highest BCUT2D eigenvalue weighted by Crippen LogP contribution is 2.75. The Balaban J connectivity index is 2.35. The molecule has 0 N–H and O–H groups in total. The SMILES string of the molecule is COC(=O)C1(C(=O)OC)C(C(=O)OC(C)(C)C)C12C(=O)N(C(=O)OC(C)(C)C)c1ccc(F)cc12. The van der Waals surface area contributed by atoms with E-state index in [0.29, 0.717) is 4.90 Å². The van der Waals surface area contributed by atoms with E-state index >= 15 is 0 Å². The molecule has 1 aromatic rings. The van der Waals surface area contributed by atoms with E-state index in [2.05, 4.69) is 0 Å². The third-order valence-corrected chi connectivity index (χ3v) is 5.80. The first-order valence-corrected chi connectivity index (χ1v) is 10.8. The van der Waals surface area contributed by atoms with Crippen molar-refractivity contribution in [1.29, 1.82) is 0 Å². The lowest BCUT2D eigenvalue weighted by Gasteiger charge is -2.24. The van der Waals surface area contributed by atoms with Gasteiger partial charge >= 0.3 is 24.0 Å². The first kappa shape index (κ1) is 26.1. The van der Waals surface area contributed by atoms with Crippen molar-refractivity contribution >= 4 is 35.6 Å². The Morgan fingerprint density at radius 2 is 1.43 bits per heavy atom. The minimum absolute atomic E-state index is 0.145. The molecule has 1 fully saturated rings. The van der Waals surface area contributed by atoms with E-state index in [4.69, 9.17) is 18.9 Å². The summed E-state index contributed by atoms with van der Waals surface area (Å²) >= 11 is 0. The number of fused-ring (bicyclic) bond motifs is 2. The number of benzene rings is 1. The Kier molecular flexibility index (Phi) is 5.99. The number of amides is 2. The maximum Gasteiger partial charge on any atom is 0.421 e. The van der Waals surface area contributed by atoms with Crippen molar-refractivity contribution in [3.8, 4) is 0 Å². The number of ether oxygens (including phenoxy) is 4. The molecule has 11 heteroatoms. The molecule has 1 heterocycles. The number of hydrogen-bond donors (Lipinski definition) is 0. The number of methoxy groups -OCH3 is 2. The van der Waals surface area contributed by atoms with Crippen LogP contribution in [0.4, 0.5) is 14.9 Å². The fourth-order valence-electron chi connectivity index (χ4n) is 4.72. The summed E-state index contributed by atoms with van der Waals surface area (Å²) in [6.07, 6.45) is -1.13. The molecule has 2 aliphatic rings. The molecule has 0 radical (unpaired) electrons. The maximum atomic E-state index is 14.5. The molecule has 1 saturated carbocycles. The van der Waals surface area contributed by atoms with Crippen LogP contribution in [-0.4, -0.2) is 55.3 Å². The van der Waals surface area contributed by atoms with Crippen molar-refractivity contribution in [2.24, 2.45) is 11.3 Å². The van der Waals surface area contributed by atoms with Gasteiger partial charge < -0.3 is 18.9 Å². The number of nitrogens with zero attached hydrogens (tertiary/aromatic N) is 1. The molecule has 35 heavy (non-hydrogen) atoms. The molecule has 1 aliphatic carbocycles. The molecule has 2 atom stereocenters. The molecular weight excluding hydrogens is 465 g/mol. The Hall–Kier alpha value is -3.50. The van der Waals surface area contributed by atoms with E-state index in [1.54, 1.807) is 41.5 Å². The van der Waals surface area contributed by atoms with Crippen molar-refractivity contribution in [2.45, 2.75) is 58.2 Å². The van der Waals surface area contributed by atoms with Gasteiger partial charge in [0, 0.05) is 0 Å². The lowest BCUT2D eigenvalue weighted by atomic mass is 9.86. The lowest BCUT2D eigenvalue weighted by molar-refractivity contribution is -0.169. The van der Waals surface area contributed by atoms with Crippen LogP contribution in [0, 0.1) is 17.2 Å². The van der Waals surface area contributed by atoms with E-state index in [1.807, 2.05) is 0 Å². The number of esters is 3. The monoisotopic (exact) mass is 493 g/mol. The minimum Gasteiger partial charge on any atom is -0.468 e. The molecule has 2 amide bonds. The van der Waals surface area contributed by atoms with Crippen molar-refractivity contribution in [2.75, 3.05) is 19.1 Å². The average molecular weight is 493 g/mol. The number of rotatable bonds is 3. The Morgan fingerprint density at radius 1 is 0.914 bits per heavy atom. The highest BCUT2D eigenvalue weighted by atomic mass is 19.1. The molecule has 0 saturated heterocycles. The quantitative estimate of drug-likeness (QED) is 0.355. The zero-order valence-electron chi connectivity index (χ0n) is 20.8. The van der Waals surface area contributed by atoms with Gasteiger partial charge in [-0.25, -0.2) is 14.1 Å². The van der Waals surface area contributed by atoms with Crippen LogP contribution >= 0.6 is 0 Å². The summed E-state index contributed by atoms with van der Waals surface area (Å²) in [4.78, 5) is 67.4. The lowest BCUT2D eigenvalue weighted by Crippen LogP contribution is -2.45. The van der Waals surface area contributed by atoms with Crippen LogP contribution in [0.3, 0.4) is 0 Å². The third kappa shape index (κ3) is 3.64. The summed E-state index contributed by atoms with van der Waals surface area (Å²) in [7, 11) is 1.92. The highest BCUT2D eigenvalue weighted by Gasteiger charge is 2.96. The first-order valence-electron chi connectivity index (χ1n) is 10.8. The van der Waals surface area contributed by atoms with E-state index in [9.17, 15) is 28.4 Å². The predicted molar refractivity (Wildman–Crippen MR) is 118 cm³/mol. The maximum absolute atomic E-state index is 14.5. The Labute approximate surface area is 201 Å². The van der Waals surface area contributed by atoms with Gasteiger partial charge in [0.2, 0.25) is 5.91 Å². The van der Waals surface area contributed by atoms with Crippen LogP contribution in [0.1, 0.15) is 47.1 Å². The van der Waals surface area contributed by atoms with Crippen molar-refractivity contribution < 1.29 is 47.3 Å². The van der Waals surface area contributed by atoms with Gasteiger partial charge in [-0.3, -0.25) is 19.2 Å². The van der Waals surface area contributed by atoms with E-state index in [1.165, 1.54) is 0 Å². The van der Waals surface area contributed by atoms with Crippen molar-refractivity contribution in [1.82, 2.24) is 0 Å². The molecule has 190 valence electrons. The molecule has 3 rings (SSSR count). The highest BCUT2D eigenvalue weighted by molar-refractivity contribution is 6.31. The van der Waals surface area contributed by atoms with Gasteiger partial charge in [0.05, 0.1) is 19.9 Å². The standard InChI is InChI=1S/C24H28FNO9/c1-21(2,3)34-16(27)15-23(24(15,18(29)32-7)19(30)33-8)13-11-12(25)9-10-14(13)26(17(23)28)20(31)35-22(4,5)6/h9-11,15H,1-8H3. The third-order valence-electron chi connectivity index (χ3n) is 5.80. The Bertz CT molecular complexity index is 1110. The summed E-state index contributed by atoms with van der Waals surface area (Å²) in [5.74, 6) is -7.40. The van der Waals surface area contributed by atoms with Crippen LogP contribution in [0.2, 0.25) is 0 Å². The van der Waals surface area contributed by atoms with Crippen molar-refractivity contribution in [3.63, 3.8) is 0 Å². The molecule has 1 aromatic carbocycles. The summed E-state index contributed by atoms with van der Waals surface area (Å²) < 4.78 is 34.9. The molecule has 2 unspecified atom stereocenters. The van der Waals surface area contributed by atoms with Gasteiger partial charge in [-0.1, -0.05) is 0 Å². The number of anilines is 1. The van der Waals surface area contributed by atoms with E-state index in [-0.39, 0.29) is 11.3 Å². The summed E-state index contributed by atoms with van der Waals surface area (Å²) in [5.41, 5.74) is -7.40. The molecular formula is C24H28FNO9. The van der Waals surface area contributed by atoms with Gasteiger partial charge in [0.15, 0.2) is 5.41 Å². The van der Waals surface area contributed by atoms with Gasteiger partial charge in [-0.2, -0.15) is 0 Å². The summed E-state index contributed by atoms with van der Waals surface area (Å²) in [6, 6.07) is 3.01. The molecule has 1 aliphatic heterocycles. The number of hydrogen-bond acceptors (Lipinski definition) is 9. The average Bonchev–Trinajstić information content (AvgIpc) is 3.30. The number of carbonyl (C=O) groups excluding carboxylic acids is 5. The molecule has 10 nitrogen and oxygen atoms in total. The zero-order chi connectivity index (χ0) is 26.7. The molecule has 1 spiro atoms. The predicted octanol–water partition coefficient (Wildman–Crippen LogP) is 2.65. The number of carbonyl (C=O) groups is 5. The fraction of sp³-hybridized carbons (Fsp3) is 0.542. The van der Waals surface area contributed by atoms with Gasteiger partial charge in [0.1, 0.15) is 28.4 Å². The second-order valence-corrected chi connectivity index (χ2v) is 10.3. The first-order chi connectivity index (χ1) is 16.0. The van der Waals surface area contributed by atoms with Gasteiger partial charge in [-0.05, 0) is 65.3 Å². The largest absolute Gasteiger partial charge is 0.468 e. The van der Waals surface area contributed by atoms with E-state index < -0.39 is 63.7 Å². The van der Waals surface area contributed by atoms with Crippen LogP contribution in [0.5, 0.6) is 0 Å². The van der Waals surface area contributed by atoms with Crippen LogP contribution in [0.15, 0.2) is 18.2 Å². The second kappa shape index (κ2) is 8.03. The fourth-order valence-corrected chi connectivity index (χ4v) is 4.72. The van der Waals surface area contributed by atoms with Gasteiger partial charge in [-0.15, -0.1) is 0 Å². The minimum atomic E-state index is -2.56. The molecule has 0 bridgehead atoms. The van der Waals surface area contributed by atoms with Gasteiger partial charge in [0.25, 0.3) is 0 Å². The topological polar surface area (TPSA) is 126 Å². The smallest absolute Gasteiger partial charge is 0.421 e. The molecule has 0 aromatic heterocycles. The number of imide groups is 1.